The highest BCUT2D eigenvalue weighted by Gasteiger charge is 2.18. The minimum absolute atomic E-state index is 0.221. The number of nitrogens with one attached hydrogen (secondary N) is 1. The van der Waals surface area contributed by atoms with E-state index in [-0.39, 0.29) is 9.77 Å². The highest BCUT2D eigenvalue weighted by atomic mass is 35.5. The third kappa shape index (κ3) is 4.09. The fraction of sp³-hybridized carbons (Fsp3) is 0.154. The molecule has 1 N–H and O–H groups in total. The van der Waals surface area contributed by atoms with Crippen molar-refractivity contribution < 1.29 is 18.3 Å². The molecule has 0 aliphatic heterocycles. The molecule has 0 fully saturated rings. The molecule has 2 rings (SSSR count). The van der Waals surface area contributed by atoms with Gasteiger partial charge in [-0.1, -0.05) is 23.4 Å². The van der Waals surface area contributed by atoms with Crippen molar-refractivity contribution in [2.24, 2.45) is 0 Å². The van der Waals surface area contributed by atoms with E-state index in [0.29, 0.717) is 28.2 Å². The molecule has 1 heterocycles. The van der Waals surface area contributed by atoms with Gasteiger partial charge in [-0.15, -0.1) is 11.3 Å². The van der Waals surface area contributed by atoms with Gasteiger partial charge in [-0.3, -0.25) is 4.79 Å². The molecule has 1 amide bonds. The third-order valence-corrected chi connectivity index (χ3v) is 4.62. The molecular formula is C13H10ClF2NO2S2. The summed E-state index contributed by atoms with van der Waals surface area (Å²) in [6.45, 7) is 0. The van der Waals surface area contributed by atoms with Crippen LogP contribution in [0.1, 0.15) is 9.67 Å². The Kier molecular flexibility index (Phi) is 5.44. The summed E-state index contributed by atoms with van der Waals surface area (Å²) in [5.74, 6) is -2.53. The molecule has 3 nitrogen and oxygen atoms in total. The van der Waals surface area contributed by atoms with Crippen LogP contribution in [0, 0.1) is 0 Å². The summed E-state index contributed by atoms with van der Waals surface area (Å²) >= 11 is 7.43. The number of thiophene rings is 1. The molecule has 112 valence electrons. The van der Waals surface area contributed by atoms with E-state index in [1.165, 1.54) is 13.2 Å². The lowest BCUT2D eigenvalue weighted by Gasteiger charge is -2.09. The van der Waals surface area contributed by atoms with Gasteiger partial charge in [-0.05, 0) is 23.6 Å². The van der Waals surface area contributed by atoms with Crippen molar-refractivity contribution in [1.82, 2.24) is 0 Å². The lowest BCUT2D eigenvalue weighted by atomic mass is 10.3. The number of benzene rings is 1. The molecule has 0 atom stereocenters. The molecular weight excluding hydrogens is 340 g/mol. The molecule has 1 aromatic carbocycles. The van der Waals surface area contributed by atoms with Crippen LogP contribution >= 0.6 is 34.7 Å². The van der Waals surface area contributed by atoms with Gasteiger partial charge in [-0.25, -0.2) is 0 Å². The summed E-state index contributed by atoms with van der Waals surface area (Å²) in [6.07, 6.45) is 0. The van der Waals surface area contributed by atoms with Crippen LogP contribution in [0.3, 0.4) is 0 Å². The van der Waals surface area contributed by atoms with E-state index in [4.69, 9.17) is 16.3 Å². The lowest BCUT2D eigenvalue weighted by molar-refractivity contribution is 0.102. The van der Waals surface area contributed by atoms with Crippen LogP contribution in [-0.4, -0.2) is 18.8 Å². The van der Waals surface area contributed by atoms with E-state index in [1.54, 1.807) is 23.6 Å². The second-order valence-corrected chi connectivity index (χ2v) is 6.15. The number of hydrogen-bond acceptors (Lipinski definition) is 4. The molecule has 0 bridgehead atoms. The van der Waals surface area contributed by atoms with Gasteiger partial charge in [0.2, 0.25) is 0 Å². The van der Waals surface area contributed by atoms with Crippen molar-refractivity contribution >= 4 is 46.3 Å². The van der Waals surface area contributed by atoms with Gasteiger partial charge in [0.1, 0.15) is 10.6 Å². The quantitative estimate of drug-likeness (QED) is 0.774. The summed E-state index contributed by atoms with van der Waals surface area (Å²) in [6, 6.07) is 6.29. The average Bonchev–Trinajstić information content (AvgIpc) is 2.88. The van der Waals surface area contributed by atoms with Crippen LogP contribution in [0.5, 0.6) is 5.75 Å². The number of alkyl halides is 2. The van der Waals surface area contributed by atoms with Crippen molar-refractivity contribution in [3.63, 3.8) is 0 Å². The first-order chi connectivity index (χ1) is 10.0. The van der Waals surface area contributed by atoms with Gasteiger partial charge in [-0.2, -0.15) is 8.78 Å². The summed E-state index contributed by atoms with van der Waals surface area (Å²) in [5.41, 5.74) is 0.363. The van der Waals surface area contributed by atoms with E-state index in [1.807, 2.05) is 0 Å². The number of carbonyl (C=O) groups is 1. The zero-order valence-electron chi connectivity index (χ0n) is 10.7. The second kappa shape index (κ2) is 7.11. The standard InChI is InChI=1S/C13H10ClF2NO2S2/c1-19-7-2-3-8(14)9(6-7)17-12(18)11-10(4-5-20-11)21-13(15)16/h2-6,13H,1H3,(H,17,18). The van der Waals surface area contributed by atoms with Crippen LogP contribution in [0.25, 0.3) is 0 Å². The van der Waals surface area contributed by atoms with Crippen LogP contribution in [0.15, 0.2) is 34.5 Å². The van der Waals surface area contributed by atoms with Crippen molar-refractivity contribution in [3.05, 3.63) is 39.5 Å². The number of hydrogen-bond donors (Lipinski definition) is 1. The highest BCUT2D eigenvalue weighted by molar-refractivity contribution is 7.99. The summed E-state index contributed by atoms with van der Waals surface area (Å²) in [7, 11) is 1.49. The largest absolute Gasteiger partial charge is 0.497 e. The maximum absolute atomic E-state index is 12.4. The lowest BCUT2D eigenvalue weighted by Crippen LogP contribution is -2.11. The first-order valence-corrected chi connectivity index (χ1v) is 7.82. The van der Waals surface area contributed by atoms with Gasteiger partial charge in [0.05, 0.1) is 17.8 Å². The van der Waals surface area contributed by atoms with Crippen LogP contribution in [0.4, 0.5) is 14.5 Å². The maximum atomic E-state index is 12.4. The van der Waals surface area contributed by atoms with Gasteiger partial charge < -0.3 is 10.1 Å². The molecule has 2 aromatic rings. The Labute approximate surface area is 133 Å². The molecule has 0 aliphatic rings. The normalized spacial score (nSPS) is 10.7. The first-order valence-electron chi connectivity index (χ1n) is 5.68. The number of thioether (sulfide) groups is 1. The summed E-state index contributed by atoms with van der Waals surface area (Å²) in [5, 5.41) is 4.53. The molecule has 0 radical (unpaired) electrons. The van der Waals surface area contributed by atoms with Gasteiger partial charge in [0, 0.05) is 11.0 Å². The number of anilines is 1. The Morgan fingerprint density at radius 2 is 2.19 bits per heavy atom. The smallest absolute Gasteiger partial charge is 0.288 e. The number of amides is 1. The molecule has 0 aliphatic carbocycles. The third-order valence-electron chi connectivity index (χ3n) is 2.47. The van der Waals surface area contributed by atoms with Crippen molar-refractivity contribution in [2.45, 2.75) is 10.7 Å². The molecule has 21 heavy (non-hydrogen) atoms. The SMILES string of the molecule is COc1ccc(Cl)c(NC(=O)c2sccc2SC(F)F)c1. The number of rotatable bonds is 5. The fourth-order valence-electron chi connectivity index (χ4n) is 1.56. The predicted octanol–water partition coefficient (Wildman–Crippen LogP) is 4.98. The molecule has 0 saturated heterocycles. The fourth-order valence-corrected chi connectivity index (χ4v) is 3.32. The Morgan fingerprint density at radius 1 is 1.43 bits per heavy atom. The number of ether oxygens (including phenoxy) is 1. The monoisotopic (exact) mass is 349 g/mol. The van der Waals surface area contributed by atoms with E-state index < -0.39 is 11.7 Å². The van der Waals surface area contributed by atoms with Crippen LogP contribution in [0.2, 0.25) is 5.02 Å². The zero-order valence-corrected chi connectivity index (χ0v) is 13.1. The van der Waals surface area contributed by atoms with Gasteiger partial charge in [0.25, 0.3) is 11.7 Å². The Bertz CT molecular complexity index is 649. The zero-order chi connectivity index (χ0) is 15.4. The molecule has 0 unspecified atom stereocenters. The van der Waals surface area contributed by atoms with E-state index in [0.717, 1.165) is 11.3 Å². The topological polar surface area (TPSA) is 38.3 Å². The minimum Gasteiger partial charge on any atom is -0.497 e. The predicted molar refractivity (Wildman–Crippen MR) is 82.1 cm³/mol. The second-order valence-electron chi connectivity index (χ2n) is 3.79. The Morgan fingerprint density at radius 3 is 2.86 bits per heavy atom. The van der Waals surface area contributed by atoms with Gasteiger partial charge in [0.15, 0.2) is 0 Å². The summed E-state index contributed by atoms with van der Waals surface area (Å²) in [4.78, 5) is 12.6. The Hall–Kier alpha value is -1.31. The average molecular weight is 350 g/mol. The number of methoxy groups -OCH3 is 1. The van der Waals surface area contributed by atoms with Crippen molar-refractivity contribution in [2.75, 3.05) is 12.4 Å². The molecule has 0 saturated carbocycles. The minimum atomic E-state index is -2.58. The first kappa shape index (κ1) is 16.1. The highest BCUT2D eigenvalue weighted by Crippen LogP contribution is 2.33. The van der Waals surface area contributed by atoms with Crippen LogP contribution in [-0.2, 0) is 0 Å². The van der Waals surface area contributed by atoms with E-state index >= 15 is 0 Å². The number of halogens is 3. The number of carbonyl (C=O) groups excluding carboxylic acids is 1. The Balaban J connectivity index is 2.20. The maximum Gasteiger partial charge on any atom is 0.288 e. The summed E-state index contributed by atoms with van der Waals surface area (Å²) < 4.78 is 29.9. The van der Waals surface area contributed by atoms with E-state index in [2.05, 4.69) is 5.32 Å². The van der Waals surface area contributed by atoms with Crippen molar-refractivity contribution in [1.29, 1.82) is 0 Å². The van der Waals surface area contributed by atoms with Crippen molar-refractivity contribution in [3.8, 4) is 5.75 Å². The molecule has 8 heteroatoms. The van der Waals surface area contributed by atoms with Gasteiger partial charge >= 0.3 is 0 Å². The molecule has 0 spiro atoms. The van der Waals surface area contributed by atoms with Crippen LogP contribution < -0.4 is 10.1 Å². The molecule has 1 aromatic heterocycles. The van der Waals surface area contributed by atoms with E-state index in [9.17, 15) is 13.6 Å².